The smallest absolute Gasteiger partial charge is 0.264 e. The maximum atomic E-state index is 12.9. The second-order valence-electron chi connectivity index (χ2n) is 6.11. The fourth-order valence-corrected chi connectivity index (χ4v) is 4.20. The molecular formula is C18H19N3O2S. The Morgan fingerprint density at radius 3 is 2.96 bits per heavy atom. The van der Waals surface area contributed by atoms with Gasteiger partial charge in [0, 0.05) is 24.5 Å². The van der Waals surface area contributed by atoms with Crippen LogP contribution in [0.3, 0.4) is 0 Å². The molecule has 0 radical (unpaired) electrons. The zero-order valence-corrected chi connectivity index (χ0v) is 14.5. The lowest BCUT2D eigenvalue weighted by molar-refractivity contribution is -0.0277. The zero-order chi connectivity index (χ0) is 16.7. The molecule has 24 heavy (non-hydrogen) atoms. The number of carbonyl (C=O) groups excluding carboxylic acids is 1. The highest BCUT2D eigenvalue weighted by Gasteiger charge is 2.29. The molecule has 0 spiro atoms. The van der Waals surface area contributed by atoms with Gasteiger partial charge in [-0.2, -0.15) is 0 Å². The van der Waals surface area contributed by atoms with Crippen LogP contribution in [0.5, 0.6) is 0 Å². The third-order valence-corrected chi connectivity index (χ3v) is 5.41. The first-order valence-corrected chi connectivity index (χ1v) is 8.83. The van der Waals surface area contributed by atoms with Gasteiger partial charge in [0.2, 0.25) is 0 Å². The monoisotopic (exact) mass is 341 g/mol. The van der Waals surface area contributed by atoms with Gasteiger partial charge in [0.1, 0.15) is 11.9 Å². The van der Waals surface area contributed by atoms with E-state index in [1.165, 1.54) is 0 Å². The number of hydrogen-bond donors (Lipinski definition) is 0. The highest BCUT2D eigenvalue weighted by molar-refractivity contribution is 7.20. The molecule has 0 bridgehead atoms. The van der Waals surface area contributed by atoms with Crippen molar-refractivity contribution in [2.75, 3.05) is 19.7 Å². The number of morpholine rings is 1. The van der Waals surface area contributed by atoms with E-state index in [0.29, 0.717) is 19.7 Å². The first-order chi connectivity index (χ1) is 11.6. The van der Waals surface area contributed by atoms with Crippen LogP contribution in [0.15, 0.2) is 36.5 Å². The molecule has 3 heterocycles. The lowest BCUT2D eigenvalue weighted by atomic mass is 10.2. The van der Waals surface area contributed by atoms with Gasteiger partial charge in [-0.05, 0) is 24.4 Å². The van der Waals surface area contributed by atoms with E-state index in [1.54, 1.807) is 11.3 Å². The number of aryl methyl sites for hydroxylation is 2. The van der Waals surface area contributed by atoms with Crippen molar-refractivity contribution < 1.29 is 9.53 Å². The van der Waals surface area contributed by atoms with E-state index in [9.17, 15) is 4.79 Å². The van der Waals surface area contributed by atoms with Crippen molar-refractivity contribution in [2.24, 2.45) is 7.05 Å². The van der Waals surface area contributed by atoms with Crippen molar-refractivity contribution in [1.82, 2.24) is 14.5 Å². The summed E-state index contributed by atoms with van der Waals surface area (Å²) in [4.78, 5) is 20.1. The fourth-order valence-electron chi connectivity index (χ4n) is 3.17. The van der Waals surface area contributed by atoms with Crippen LogP contribution in [0, 0.1) is 6.92 Å². The van der Waals surface area contributed by atoms with Crippen LogP contribution in [0.2, 0.25) is 0 Å². The largest absolute Gasteiger partial charge is 0.367 e. The summed E-state index contributed by atoms with van der Waals surface area (Å²) < 4.78 is 8.98. The maximum Gasteiger partial charge on any atom is 0.264 e. The second-order valence-corrected chi connectivity index (χ2v) is 7.19. The Bertz CT molecular complexity index is 866. The van der Waals surface area contributed by atoms with E-state index in [1.807, 2.05) is 53.9 Å². The van der Waals surface area contributed by atoms with Gasteiger partial charge in [-0.1, -0.05) is 18.2 Å². The molecule has 4 rings (SSSR count). The van der Waals surface area contributed by atoms with Gasteiger partial charge >= 0.3 is 0 Å². The van der Waals surface area contributed by atoms with Crippen LogP contribution >= 0.6 is 11.3 Å². The number of aromatic nitrogens is 2. The number of rotatable bonds is 2. The predicted molar refractivity (Wildman–Crippen MR) is 94.4 cm³/mol. The first-order valence-electron chi connectivity index (χ1n) is 8.01. The number of ether oxygens (including phenoxy) is 1. The molecule has 1 aromatic carbocycles. The van der Waals surface area contributed by atoms with Gasteiger partial charge in [-0.25, -0.2) is 4.98 Å². The normalized spacial score (nSPS) is 18.2. The number of carbonyl (C=O) groups is 1. The molecule has 0 saturated carbocycles. The highest BCUT2D eigenvalue weighted by Crippen LogP contribution is 2.28. The van der Waals surface area contributed by atoms with Crippen molar-refractivity contribution in [3.63, 3.8) is 0 Å². The van der Waals surface area contributed by atoms with Crippen LogP contribution in [0.1, 0.15) is 27.3 Å². The summed E-state index contributed by atoms with van der Waals surface area (Å²) >= 11 is 1.55. The molecule has 1 aliphatic rings. The lowest BCUT2D eigenvalue weighted by Crippen LogP contribution is -2.42. The average Bonchev–Trinajstić information content (AvgIpc) is 3.17. The minimum absolute atomic E-state index is 0.0791. The van der Waals surface area contributed by atoms with Gasteiger partial charge in [0.25, 0.3) is 5.91 Å². The summed E-state index contributed by atoms with van der Waals surface area (Å²) in [6.45, 7) is 3.66. The Labute approximate surface area is 144 Å². The number of benzene rings is 1. The van der Waals surface area contributed by atoms with Crippen molar-refractivity contribution in [3.05, 3.63) is 52.9 Å². The molecule has 1 saturated heterocycles. The summed E-state index contributed by atoms with van der Waals surface area (Å²) in [6, 6.07) is 10.1. The summed E-state index contributed by atoms with van der Waals surface area (Å²) in [7, 11) is 1.96. The van der Waals surface area contributed by atoms with Gasteiger partial charge in [-0.15, -0.1) is 11.3 Å². The third-order valence-electron chi connectivity index (χ3n) is 4.31. The molecule has 1 amide bonds. The van der Waals surface area contributed by atoms with Crippen molar-refractivity contribution in [2.45, 2.75) is 13.0 Å². The van der Waals surface area contributed by atoms with Gasteiger partial charge < -0.3 is 14.2 Å². The van der Waals surface area contributed by atoms with Gasteiger partial charge in [-0.3, -0.25) is 4.79 Å². The Morgan fingerprint density at radius 1 is 1.38 bits per heavy atom. The molecule has 124 valence electrons. The van der Waals surface area contributed by atoms with Crippen LogP contribution in [-0.4, -0.2) is 40.1 Å². The summed E-state index contributed by atoms with van der Waals surface area (Å²) in [6.07, 6.45) is 1.81. The molecule has 2 aromatic heterocycles. The van der Waals surface area contributed by atoms with Crippen molar-refractivity contribution >= 4 is 27.3 Å². The molecule has 0 unspecified atom stereocenters. The summed E-state index contributed by atoms with van der Waals surface area (Å²) in [5.41, 5.74) is 0.962. The Morgan fingerprint density at radius 2 is 2.21 bits per heavy atom. The average molecular weight is 341 g/mol. The number of thiophene rings is 1. The molecule has 5 nitrogen and oxygen atoms in total. The molecule has 3 aromatic rings. The minimum atomic E-state index is -0.171. The number of imidazole rings is 1. The van der Waals surface area contributed by atoms with Gasteiger partial charge in [0.15, 0.2) is 0 Å². The number of fused-ring (bicyclic) bond motifs is 1. The van der Waals surface area contributed by atoms with E-state index in [4.69, 9.17) is 4.74 Å². The van der Waals surface area contributed by atoms with Crippen LogP contribution < -0.4 is 0 Å². The molecule has 0 N–H and O–H groups in total. The topological polar surface area (TPSA) is 47.4 Å². The molecule has 6 heteroatoms. The summed E-state index contributed by atoms with van der Waals surface area (Å²) in [5.74, 6) is 0.955. The van der Waals surface area contributed by atoms with E-state index in [0.717, 1.165) is 26.5 Å². The molecule has 1 fully saturated rings. The zero-order valence-electron chi connectivity index (χ0n) is 13.7. The maximum absolute atomic E-state index is 12.9. The third kappa shape index (κ3) is 2.72. The summed E-state index contributed by atoms with van der Waals surface area (Å²) in [5, 5.41) is 1.12. The molecule has 1 aliphatic heterocycles. The van der Waals surface area contributed by atoms with Crippen LogP contribution in [-0.2, 0) is 11.8 Å². The Kier molecular flexibility index (Phi) is 3.86. The van der Waals surface area contributed by atoms with Crippen molar-refractivity contribution in [1.29, 1.82) is 0 Å². The van der Waals surface area contributed by atoms with Crippen molar-refractivity contribution in [3.8, 4) is 0 Å². The Hall–Kier alpha value is -2.18. The van der Waals surface area contributed by atoms with Crippen LogP contribution in [0.4, 0.5) is 0 Å². The second kappa shape index (κ2) is 6.03. The lowest BCUT2D eigenvalue weighted by Gasteiger charge is -2.32. The predicted octanol–water partition coefficient (Wildman–Crippen LogP) is 3.16. The Balaban J connectivity index is 1.57. The highest BCUT2D eigenvalue weighted by atomic mass is 32.1. The molecular weight excluding hydrogens is 322 g/mol. The number of hydrogen-bond acceptors (Lipinski definition) is 4. The standard InChI is InChI=1S/C18H19N3O2S/c1-12-10-20(2)17(19-12)14-11-21(7-8-23-14)18(22)16-9-13-5-3-4-6-15(13)24-16/h3-6,9-10,14H,7-8,11H2,1-2H3/t14-/m0/s1. The number of nitrogens with zero attached hydrogens (tertiary/aromatic N) is 3. The fraction of sp³-hybridized carbons (Fsp3) is 0.333. The van der Waals surface area contributed by atoms with E-state index in [2.05, 4.69) is 11.1 Å². The van der Waals surface area contributed by atoms with Gasteiger partial charge in [0.05, 0.1) is 23.7 Å². The first kappa shape index (κ1) is 15.4. The number of amides is 1. The van der Waals surface area contributed by atoms with E-state index >= 15 is 0 Å². The SMILES string of the molecule is Cc1cn(C)c([C@@H]2CN(C(=O)c3cc4ccccc4s3)CCO2)n1. The molecule has 1 atom stereocenters. The van der Waals surface area contributed by atoms with E-state index < -0.39 is 0 Å². The quantitative estimate of drug-likeness (QED) is 0.719. The van der Waals surface area contributed by atoms with E-state index in [-0.39, 0.29) is 12.0 Å². The minimum Gasteiger partial charge on any atom is -0.367 e. The molecule has 0 aliphatic carbocycles. The van der Waals surface area contributed by atoms with Crippen LogP contribution in [0.25, 0.3) is 10.1 Å².